The van der Waals surface area contributed by atoms with E-state index in [1.165, 1.54) is 17.0 Å². The van der Waals surface area contributed by atoms with Crippen LogP contribution in [-0.4, -0.2) is 35.5 Å². The fourth-order valence-electron chi connectivity index (χ4n) is 3.43. The van der Waals surface area contributed by atoms with Gasteiger partial charge in [0.05, 0.1) is 17.5 Å². The zero-order valence-corrected chi connectivity index (χ0v) is 16.8. The van der Waals surface area contributed by atoms with E-state index < -0.39 is 17.4 Å². The molecule has 4 N–H and O–H groups in total. The number of aromatic amines is 2. The SMILES string of the molecule is Cc1ccc(C(=O)c2c(O)c(O)n(-c3nc4nc[nH]c4c[nH+]3)c2-c2ccccc2Cl)o1. The summed E-state index contributed by atoms with van der Waals surface area (Å²) in [6, 6.07) is 9.91. The topological polar surface area (TPSA) is 131 Å². The maximum Gasteiger partial charge on any atom is 0.406 e. The Labute approximate surface area is 179 Å². The number of nitrogens with one attached hydrogen (secondary N) is 2. The quantitative estimate of drug-likeness (QED) is 0.370. The third-order valence-corrected chi connectivity index (χ3v) is 5.19. The molecule has 154 valence electrons. The smallest absolute Gasteiger partial charge is 0.406 e. The molecule has 9 nitrogen and oxygen atoms in total. The lowest BCUT2D eigenvalue weighted by Crippen LogP contribution is -2.17. The summed E-state index contributed by atoms with van der Waals surface area (Å²) in [6.45, 7) is 1.70. The van der Waals surface area contributed by atoms with E-state index in [0.29, 0.717) is 27.5 Å². The number of hydrogen-bond acceptors (Lipinski definition) is 6. The molecule has 31 heavy (non-hydrogen) atoms. The normalized spacial score (nSPS) is 11.3. The van der Waals surface area contributed by atoms with Crippen LogP contribution in [0.15, 0.2) is 53.3 Å². The van der Waals surface area contributed by atoms with Crippen LogP contribution in [0.4, 0.5) is 0 Å². The molecular weight excluding hydrogens is 422 g/mol. The maximum absolute atomic E-state index is 13.3. The monoisotopic (exact) mass is 436 g/mol. The molecule has 0 saturated heterocycles. The highest BCUT2D eigenvalue weighted by Gasteiger charge is 2.36. The predicted octanol–water partition coefficient (Wildman–Crippen LogP) is 3.43. The number of rotatable bonds is 4. The number of carbonyl (C=O) groups excluding carboxylic acids is 1. The summed E-state index contributed by atoms with van der Waals surface area (Å²) in [5.41, 5.74) is 1.40. The zero-order chi connectivity index (χ0) is 21.7. The van der Waals surface area contributed by atoms with E-state index in [9.17, 15) is 15.0 Å². The second-order valence-corrected chi connectivity index (χ2v) is 7.22. The molecule has 0 fully saturated rings. The lowest BCUT2D eigenvalue weighted by Gasteiger charge is -2.06. The molecule has 0 atom stereocenters. The number of fused-ring (bicyclic) bond motifs is 1. The first kappa shape index (κ1) is 18.9. The number of aromatic hydroxyl groups is 2. The van der Waals surface area contributed by atoms with Crippen LogP contribution < -0.4 is 4.98 Å². The van der Waals surface area contributed by atoms with Gasteiger partial charge in [-0.3, -0.25) is 4.79 Å². The van der Waals surface area contributed by atoms with Crippen molar-refractivity contribution in [3.05, 3.63) is 71.0 Å². The Morgan fingerprint density at radius 1 is 1.23 bits per heavy atom. The van der Waals surface area contributed by atoms with Crippen molar-refractivity contribution in [3.8, 4) is 28.8 Å². The maximum atomic E-state index is 13.3. The highest BCUT2D eigenvalue weighted by atomic mass is 35.5. The molecule has 0 bridgehead atoms. The fraction of sp³-hybridized carbons (Fsp3) is 0.0476. The Kier molecular flexibility index (Phi) is 4.26. The Hall–Kier alpha value is -4.11. The number of halogens is 1. The average molecular weight is 437 g/mol. The van der Waals surface area contributed by atoms with E-state index in [0.717, 1.165) is 0 Å². The molecule has 0 aliphatic rings. The van der Waals surface area contributed by atoms with Gasteiger partial charge in [-0.2, -0.15) is 4.57 Å². The number of hydrogen-bond donors (Lipinski definition) is 3. The van der Waals surface area contributed by atoms with Crippen LogP contribution in [-0.2, 0) is 0 Å². The molecule has 0 aliphatic heterocycles. The van der Waals surface area contributed by atoms with E-state index in [1.807, 2.05) is 0 Å². The van der Waals surface area contributed by atoms with Gasteiger partial charge in [0.2, 0.25) is 11.5 Å². The second-order valence-electron chi connectivity index (χ2n) is 6.81. The van der Waals surface area contributed by atoms with Crippen molar-refractivity contribution < 1.29 is 24.4 Å². The molecule has 1 aromatic carbocycles. The van der Waals surface area contributed by atoms with E-state index in [-0.39, 0.29) is 23.0 Å². The van der Waals surface area contributed by atoms with Gasteiger partial charge < -0.3 is 19.6 Å². The van der Waals surface area contributed by atoms with Gasteiger partial charge in [-0.05, 0) is 36.2 Å². The number of furan rings is 1. The Morgan fingerprint density at radius 2 is 2.03 bits per heavy atom. The van der Waals surface area contributed by atoms with Crippen molar-refractivity contribution in [2.45, 2.75) is 6.92 Å². The first-order valence-electron chi connectivity index (χ1n) is 9.20. The molecule has 0 aliphatic carbocycles. The number of carbonyl (C=O) groups is 1. The van der Waals surface area contributed by atoms with E-state index in [2.05, 4.69) is 19.9 Å². The first-order valence-corrected chi connectivity index (χ1v) is 9.58. The molecule has 0 saturated carbocycles. The molecule has 0 amide bonds. The van der Waals surface area contributed by atoms with Gasteiger partial charge in [-0.15, -0.1) is 0 Å². The summed E-state index contributed by atoms with van der Waals surface area (Å²) in [4.78, 5) is 27.6. The molecule has 10 heteroatoms. The number of aromatic nitrogens is 5. The van der Waals surface area contributed by atoms with Gasteiger partial charge in [0.15, 0.2) is 5.76 Å². The van der Waals surface area contributed by atoms with Gasteiger partial charge in [0.1, 0.15) is 22.5 Å². The van der Waals surface area contributed by atoms with E-state index in [1.54, 1.807) is 43.5 Å². The molecule has 0 radical (unpaired) electrons. The Balaban J connectivity index is 1.84. The number of ketones is 1. The number of nitrogens with zero attached hydrogens (tertiary/aromatic N) is 3. The minimum atomic E-state index is -0.619. The second kappa shape index (κ2) is 6.99. The third kappa shape index (κ3) is 2.94. The van der Waals surface area contributed by atoms with Crippen molar-refractivity contribution in [2.75, 3.05) is 0 Å². The Morgan fingerprint density at radius 3 is 2.77 bits per heavy atom. The molecule has 0 unspecified atom stereocenters. The third-order valence-electron chi connectivity index (χ3n) is 4.86. The van der Waals surface area contributed by atoms with Gasteiger partial charge in [-0.1, -0.05) is 23.7 Å². The van der Waals surface area contributed by atoms with Crippen LogP contribution in [0.25, 0.3) is 28.4 Å². The van der Waals surface area contributed by atoms with Crippen LogP contribution in [0.1, 0.15) is 21.9 Å². The fourth-order valence-corrected chi connectivity index (χ4v) is 3.66. The highest BCUT2D eigenvalue weighted by molar-refractivity contribution is 6.33. The number of imidazole rings is 1. The Bertz CT molecular complexity index is 1470. The van der Waals surface area contributed by atoms with Crippen molar-refractivity contribution in [2.24, 2.45) is 0 Å². The largest absolute Gasteiger partial charge is 0.501 e. The number of benzene rings is 1. The van der Waals surface area contributed by atoms with Crippen molar-refractivity contribution in [1.29, 1.82) is 0 Å². The van der Waals surface area contributed by atoms with Crippen LogP contribution in [0.5, 0.6) is 11.6 Å². The molecule has 0 spiro atoms. The summed E-state index contributed by atoms with van der Waals surface area (Å²) in [5, 5.41) is 21.9. The molecule has 5 aromatic rings. The zero-order valence-electron chi connectivity index (χ0n) is 16.0. The van der Waals surface area contributed by atoms with Crippen LogP contribution in [0.3, 0.4) is 0 Å². The summed E-state index contributed by atoms with van der Waals surface area (Å²) in [7, 11) is 0. The van der Waals surface area contributed by atoms with E-state index in [4.69, 9.17) is 16.0 Å². The standard InChI is InChI=1S/C21H14ClN5O4/c1-10-6-7-14(31-10)17(28)15-16(11-4-2-3-5-12(11)22)27(20(30)18(15)29)21-23-8-13-19(26-21)25-9-24-13/h2-9,29-30H,1H3,(H,23,24,25,26)/p+1. The number of aryl methyl sites for hydroxylation is 1. The van der Waals surface area contributed by atoms with E-state index >= 15 is 0 Å². The summed E-state index contributed by atoms with van der Waals surface area (Å²) in [6.07, 6.45) is 3.08. The van der Waals surface area contributed by atoms with Crippen molar-refractivity contribution in [1.82, 2.24) is 19.5 Å². The van der Waals surface area contributed by atoms with Crippen molar-refractivity contribution in [3.63, 3.8) is 0 Å². The van der Waals surface area contributed by atoms with Crippen LogP contribution in [0, 0.1) is 6.92 Å². The molecular formula is C21H15ClN5O4+. The highest BCUT2D eigenvalue weighted by Crippen LogP contribution is 2.44. The molecule has 4 heterocycles. The predicted molar refractivity (Wildman–Crippen MR) is 110 cm³/mol. The average Bonchev–Trinajstić information content (AvgIpc) is 3.46. The van der Waals surface area contributed by atoms with Gasteiger partial charge in [0.25, 0.3) is 5.65 Å². The van der Waals surface area contributed by atoms with Gasteiger partial charge >= 0.3 is 11.8 Å². The van der Waals surface area contributed by atoms with Crippen LogP contribution in [0.2, 0.25) is 5.02 Å². The summed E-state index contributed by atoms with van der Waals surface area (Å²) >= 11 is 6.42. The number of H-pyrrole nitrogens is 2. The molecule has 5 rings (SSSR count). The van der Waals surface area contributed by atoms with Gasteiger partial charge in [0, 0.05) is 5.56 Å². The van der Waals surface area contributed by atoms with Crippen LogP contribution >= 0.6 is 11.6 Å². The minimum Gasteiger partial charge on any atom is -0.501 e. The van der Waals surface area contributed by atoms with Crippen molar-refractivity contribution >= 4 is 28.5 Å². The lowest BCUT2D eigenvalue weighted by molar-refractivity contribution is -0.375. The first-order chi connectivity index (χ1) is 15.0. The molecule has 4 aromatic heterocycles. The lowest BCUT2D eigenvalue weighted by atomic mass is 10.0. The van der Waals surface area contributed by atoms with Gasteiger partial charge in [-0.25, -0.2) is 9.97 Å². The summed E-state index contributed by atoms with van der Waals surface area (Å²) < 4.78 is 6.67. The minimum absolute atomic E-state index is 0.0120. The summed E-state index contributed by atoms with van der Waals surface area (Å²) in [5.74, 6) is -1.15.